The van der Waals surface area contributed by atoms with Crippen LogP contribution in [-0.2, 0) is 0 Å². The zero-order valence-corrected chi connectivity index (χ0v) is 6.94. The monoisotopic (exact) mass is 163 g/mol. The van der Waals surface area contributed by atoms with Gasteiger partial charge in [0.25, 0.3) is 0 Å². The molecule has 2 aromatic heterocycles. The number of anilines is 1. The highest BCUT2D eigenvalue weighted by Gasteiger charge is 2.04. The highest BCUT2D eigenvalue weighted by molar-refractivity contribution is 5.49. The van der Waals surface area contributed by atoms with Crippen molar-refractivity contribution in [3.05, 3.63) is 17.7 Å². The maximum absolute atomic E-state index is 5.62. The fourth-order valence-corrected chi connectivity index (χ4v) is 1.17. The number of fused-ring (bicyclic) bond motifs is 1. The third-order valence-corrected chi connectivity index (χ3v) is 1.66. The van der Waals surface area contributed by atoms with Crippen LogP contribution >= 0.6 is 0 Å². The molecule has 5 heteroatoms. The molecular formula is C7H9N5. The van der Waals surface area contributed by atoms with Gasteiger partial charge in [-0.2, -0.15) is 4.52 Å². The molecule has 0 aliphatic heterocycles. The second kappa shape index (κ2) is 2.17. The molecule has 12 heavy (non-hydrogen) atoms. The maximum Gasteiger partial charge on any atom is 0.177 e. The number of nitrogens with two attached hydrogens (primary N) is 1. The molecule has 5 nitrogen and oxygen atoms in total. The molecule has 0 radical (unpaired) electrons. The first-order valence-corrected chi connectivity index (χ1v) is 3.63. The molecule has 2 heterocycles. The molecule has 0 atom stereocenters. The van der Waals surface area contributed by atoms with Gasteiger partial charge < -0.3 is 5.73 Å². The summed E-state index contributed by atoms with van der Waals surface area (Å²) in [5, 5.41) is 4.11. The Morgan fingerprint density at radius 1 is 1.42 bits per heavy atom. The number of nitrogens with zero attached hydrogens (tertiary/aromatic N) is 4. The van der Waals surface area contributed by atoms with Gasteiger partial charge in [-0.1, -0.05) is 0 Å². The average Bonchev–Trinajstić information content (AvgIpc) is 2.33. The summed E-state index contributed by atoms with van der Waals surface area (Å²) in [6.45, 7) is 3.71. The predicted molar refractivity (Wildman–Crippen MR) is 44.7 cm³/mol. The van der Waals surface area contributed by atoms with E-state index in [1.165, 1.54) is 0 Å². The fourth-order valence-electron chi connectivity index (χ4n) is 1.17. The Kier molecular flexibility index (Phi) is 1.27. The molecule has 0 aliphatic rings. The van der Waals surface area contributed by atoms with E-state index >= 15 is 0 Å². The number of aryl methyl sites for hydroxylation is 2. The lowest BCUT2D eigenvalue weighted by Gasteiger charge is -1.98. The SMILES string of the molecule is Cc1nc(C)c2ncc(N)n2n1. The standard InChI is InChI=1S/C7H9N5/c1-4-7-9-3-6(8)12(7)11-5(2)10-4/h3H,8H2,1-2H3. The topological polar surface area (TPSA) is 69.1 Å². The first-order chi connectivity index (χ1) is 5.68. The van der Waals surface area contributed by atoms with Crippen molar-refractivity contribution in [2.75, 3.05) is 5.73 Å². The molecule has 0 spiro atoms. The molecular weight excluding hydrogens is 154 g/mol. The molecule has 2 rings (SSSR count). The Hall–Kier alpha value is -1.65. The summed E-state index contributed by atoms with van der Waals surface area (Å²) in [7, 11) is 0. The van der Waals surface area contributed by atoms with Gasteiger partial charge in [0.15, 0.2) is 5.65 Å². The van der Waals surface area contributed by atoms with Crippen molar-refractivity contribution in [1.82, 2.24) is 19.6 Å². The zero-order valence-electron chi connectivity index (χ0n) is 6.94. The quantitative estimate of drug-likeness (QED) is 0.607. The van der Waals surface area contributed by atoms with Crippen molar-refractivity contribution in [3.63, 3.8) is 0 Å². The molecule has 0 saturated carbocycles. The second-order valence-electron chi connectivity index (χ2n) is 2.66. The first-order valence-electron chi connectivity index (χ1n) is 3.63. The third-order valence-electron chi connectivity index (χ3n) is 1.66. The van der Waals surface area contributed by atoms with Gasteiger partial charge in [-0.05, 0) is 13.8 Å². The zero-order chi connectivity index (χ0) is 8.72. The minimum absolute atomic E-state index is 0.540. The number of rotatable bonds is 0. The van der Waals surface area contributed by atoms with Gasteiger partial charge >= 0.3 is 0 Å². The lowest BCUT2D eigenvalue weighted by Crippen LogP contribution is -2.03. The van der Waals surface area contributed by atoms with Gasteiger partial charge in [0, 0.05) is 0 Å². The van der Waals surface area contributed by atoms with Crippen LogP contribution in [0.25, 0.3) is 5.65 Å². The molecule has 0 aliphatic carbocycles. The van der Waals surface area contributed by atoms with Gasteiger partial charge in [-0.3, -0.25) is 0 Å². The van der Waals surface area contributed by atoms with Crippen molar-refractivity contribution in [2.24, 2.45) is 0 Å². The first kappa shape index (κ1) is 7.02. The van der Waals surface area contributed by atoms with E-state index in [1.54, 1.807) is 10.7 Å². The fraction of sp³-hybridized carbons (Fsp3) is 0.286. The van der Waals surface area contributed by atoms with Crippen molar-refractivity contribution in [1.29, 1.82) is 0 Å². The molecule has 0 unspecified atom stereocenters. The van der Waals surface area contributed by atoms with Crippen LogP contribution < -0.4 is 5.73 Å². The summed E-state index contributed by atoms with van der Waals surface area (Å²) in [6.07, 6.45) is 1.58. The average molecular weight is 163 g/mol. The molecule has 0 aromatic carbocycles. The van der Waals surface area contributed by atoms with E-state index in [4.69, 9.17) is 5.73 Å². The van der Waals surface area contributed by atoms with Crippen molar-refractivity contribution in [3.8, 4) is 0 Å². The van der Waals surface area contributed by atoms with Crippen LogP contribution in [0, 0.1) is 13.8 Å². The Morgan fingerprint density at radius 3 is 2.92 bits per heavy atom. The normalized spacial score (nSPS) is 10.8. The maximum atomic E-state index is 5.62. The number of aromatic nitrogens is 4. The van der Waals surface area contributed by atoms with E-state index in [9.17, 15) is 0 Å². The van der Waals surface area contributed by atoms with Gasteiger partial charge in [-0.15, -0.1) is 5.10 Å². The van der Waals surface area contributed by atoms with Gasteiger partial charge in [0.05, 0.1) is 11.9 Å². The van der Waals surface area contributed by atoms with E-state index in [2.05, 4.69) is 15.1 Å². The summed E-state index contributed by atoms with van der Waals surface area (Å²) in [5.41, 5.74) is 7.19. The molecule has 0 bridgehead atoms. The Morgan fingerprint density at radius 2 is 2.17 bits per heavy atom. The third kappa shape index (κ3) is 0.827. The number of nitrogen functional groups attached to an aromatic ring is 1. The summed E-state index contributed by atoms with van der Waals surface area (Å²) < 4.78 is 1.59. The molecule has 62 valence electrons. The second-order valence-corrected chi connectivity index (χ2v) is 2.66. The largest absolute Gasteiger partial charge is 0.382 e. The van der Waals surface area contributed by atoms with Crippen molar-refractivity contribution in [2.45, 2.75) is 13.8 Å². The Labute approximate surface area is 69.2 Å². The lowest BCUT2D eigenvalue weighted by molar-refractivity contribution is 0.843. The minimum atomic E-state index is 0.540. The Balaban J connectivity index is 2.92. The molecule has 0 saturated heterocycles. The Bertz CT molecular complexity index is 431. The summed E-state index contributed by atoms with van der Waals surface area (Å²) in [5.74, 6) is 1.24. The summed E-state index contributed by atoms with van der Waals surface area (Å²) in [4.78, 5) is 8.24. The number of hydrogen-bond acceptors (Lipinski definition) is 4. The van der Waals surface area contributed by atoms with E-state index in [1.807, 2.05) is 13.8 Å². The van der Waals surface area contributed by atoms with E-state index in [-0.39, 0.29) is 0 Å². The van der Waals surface area contributed by atoms with E-state index in [0.717, 1.165) is 11.3 Å². The summed E-state index contributed by atoms with van der Waals surface area (Å²) in [6, 6.07) is 0. The molecule has 0 fully saturated rings. The number of imidazole rings is 1. The molecule has 0 amide bonds. The van der Waals surface area contributed by atoms with Gasteiger partial charge in [0.2, 0.25) is 0 Å². The van der Waals surface area contributed by atoms with Crippen LogP contribution in [0.2, 0.25) is 0 Å². The van der Waals surface area contributed by atoms with Crippen LogP contribution in [0.3, 0.4) is 0 Å². The molecule has 2 aromatic rings. The van der Waals surface area contributed by atoms with E-state index in [0.29, 0.717) is 11.6 Å². The van der Waals surface area contributed by atoms with Crippen LogP contribution in [0.5, 0.6) is 0 Å². The van der Waals surface area contributed by atoms with Gasteiger partial charge in [0.1, 0.15) is 11.6 Å². The molecule has 2 N–H and O–H groups in total. The van der Waals surface area contributed by atoms with Crippen LogP contribution in [0.15, 0.2) is 6.20 Å². The minimum Gasteiger partial charge on any atom is -0.382 e. The summed E-state index contributed by atoms with van der Waals surface area (Å²) >= 11 is 0. The van der Waals surface area contributed by atoms with E-state index < -0.39 is 0 Å². The van der Waals surface area contributed by atoms with Gasteiger partial charge in [-0.25, -0.2) is 9.97 Å². The van der Waals surface area contributed by atoms with Crippen molar-refractivity contribution >= 4 is 11.5 Å². The van der Waals surface area contributed by atoms with Crippen LogP contribution in [0.1, 0.15) is 11.5 Å². The van der Waals surface area contributed by atoms with Crippen molar-refractivity contribution < 1.29 is 0 Å². The number of hydrogen-bond donors (Lipinski definition) is 1. The lowest BCUT2D eigenvalue weighted by atomic mass is 10.5. The highest BCUT2D eigenvalue weighted by atomic mass is 15.3. The van der Waals surface area contributed by atoms with Crippen LogP contribution in [0.4, 0.5) is 5.82 Å². The predicted octanol–water partition coefficient (Wildman–Crippen LogP) is 0.323. The highest BCUT2D eigenvalue weighted by Crippen LogP contribution is 2.08. The smallest absolute Gasteiger partial charge is 0.177 e. The van der Waals surface area contributed by atoms with Crippen LogP contribution in [-0.4, -0.2) is 19.6 Å².